The van der Waals surface area contributed by atoms with Crippen molar-refractivity contribution < 1.29 is 4.79 Å². The normalized spacial score (nSPS) is 23.9. The summed E-state index contributed by atoms with van der Waals surface area (Å²) in [4.78, 5) is 15.8. The highest BCUT2D eigenvalue weighted by atomic mass is 16.1. The summed E-state index contributed by atoms with van der Waals surface area (Å²) in [6, 6.07) is 9.84. The van der Waals surface area contributed by atoms with Crippen LogP contribution in [-0.2, 0) is 4.79 Å². The molecular formula is C14H15N3O. The lowest BCUT2D eigenvalue weighted by Crippen LogP contribution is -2.45. The number of hydrogen-bond donors (Lipinski definition) is 2. The number of nitrogens with two attached hydrogens (primary N) is 1. The maximum atomic E-state index is 11.5. The molecule has 18 heavy (non-hydrogen) atoms. The van der Waals surface area contributed by atoms with E-state index < -0.39 is 0 Å². The topological polar surface area (TPSA) is 68.0 Å². The molecule has 4 nitrogen and oxygen atoms in total. The van der Waals surface area contributed by atoms with E-state index in [4.69, 9.17) is 5.73 Å². The number of amides is 1. The number of fused-ring (bicyclic) bond motifs is 1. The predicted molar refractivity (Wildman–Crippen MR) is 69.8 cm³/mol. The van der Waals surface area contributed by atoms with Gasteiger partial charge in [0.25, 0.3) is 0 Å². The lowest BCUT2D eigenvalue weighted by Gasteiger charge is -2.30. The fourth-order valence-corrected chi connectivity index (χ4v) is 2.44. The summed E-state index contributed by atoms with van der Waals surface area (Å²) in [6.07, 6.45) is 3.03. The van der Waals surface area contributed by atoms with Gasteiger partial charge in [-0.15, -0.1) is 0 Å². The van der Waals surface area contributed by atoms with Crippen molar-refractivity contribution in [1.82, 2.24) is 10.3 Å². The van der Waals surface area contributed by atoms with E-state index in [-0.39, 0.29) is 18.0 Å². The van der Waals surface area contributed by atoms with E-state index in [1.807, 2.05) is 24.3 Å². The van der Waals surface area contributed by atoms with Crippen molar-refractivity contribution in [2.24, 2.45) is 5.73 Å². The van der Waals surface area contributed by atoms with Crippen LogP contribution >= 0.6 is 0 Å². The molecule has 1 amide bonds. The first-order valence-electron chi connectivity index (χ1n) is 6.14. The average Bonchev–Trinajstić information content (AvgIpc) is 2.41. The van der Waals surface area contributed by atoms with Gasteiger partial charge in [0.2, 0.25) is 5.91 Å². The van der Waals surface area contributed by atoms with Crippen molar-refractivity contribution in [3.8, 4) is 0 Å². The van der Waals surface area contributed by atoms with E-state index in [0.717, 1.165) is 22.9 Å². The number of hydrogen-bond acceptors (Lipinski definition) is 3. The zero-order valence-corrected chi connectivity index (χ0v) is 9.97. The molecule has 0 radical (unpaired) electrons. The number of nitrogens with one attached hydrogen (secondary N) is 1. The second-order valence-electron chi connectivity index (χ2n) is 4.70. The van der Waals surface area contributed by atoms with Gasteiger partial charge >= 0.3 is 0 Å². The minimum atomic E-state index is -0.0872. The van der Waals surface area contributed by atoms with Crippen molar-refractivity contribution in [3.63, 3.8) is 0 Å². The molecular weight excluding hydrogens is 226 g/mol. The van der Waals surface area contributed by atoms with Crippen LogP contribution in [0, 0.1) is 0 Å². The van der Waals surface area contributed by atoms with E-state index in [1.165, 1.54) is 0 Å². The molecule has 2 atom stereocenters. The third-order valence-corrected chi connectivity index (χ3v) is 3.44. The first-order chi connectivity index (χ1) is 8.74. The molecule has 4 heteroatoms. The van der Waals surface area contributed by atoms with E-state index >= 15 is 0 Å². The van der Waals surface area contributed by atoms with Crippen molar-refractivity contribution >= 4 is 16.8 Å². The number of benzene rings is 1. The van der Waals surface area contributed by atoms with E-state index in [2.05, 4.69) is 16.4 Å². The van der Waals surface area contributed by atoms with Gasteiger partial charge < -0.3 is 11.1 Å². The lowest BCUT2D eigenvalue weighted by atomic mass is 9.92. The van der Waals surface area contributed by atoms with Gasteiger partial charge in [-0.05, 0) is 30.2 Å². The van der Waals surface area contributed by atoms with Gasteiger partial charge in [0.15, 0.2) is 0 Å². The highest BCUT2D eigenvalue weighted by molar-refractivity contribution is 5.80. The van der Waals surface area contributed by atoms with Crippen LogP contribution in [0.3, 0.4) is 0 Å². The van der Waals surface area contributed by atoms with Gasteiger partial charge in [-0.3, -0.25) is 9.78 Å². The van der Waals surface area contributed by atoms with Crippen LogP contribution in [0.5, 0.6) is 0 Å². The highest BCUT2D eigenvalue weighted by Crippen LogP contribution is 2.25. The average molecular weight is 241 g/mol. The third kappa shape index (κ3) is 1.95. The van der Waals surface area contributed by atoms with Crippen LogP contribution in [0.15, 0.2) is 36.5 Å². The summed E-state index contributed by atoms with van der Waals surface area (Å²) >= 11 is 0. The molecule has 1 saturated heterocycles. The molecule has 1 aromatic heterocycles. The molecule has 92 valence electrons. The summed E-state index contributed by atoms with van der Waals surface area (Å²) in [5.41, 5.74) is 8.09. The first-order valence-corrected chi connectivity index (χ1v) is 6.14. The van der Waals surface area contributed by atoms with Gasteiger partial charge in [0.05, 0.1) is 11.6 Å². The summed E-state index contributed by atoms with van der Waals surface area (Å²) in [6.45, 7) is 0. The van der Waals surface area contributed by atoms with Crippen LogP contribution < -0.4 is 11.1 Å². The monoisotopic (exact) mass is 241 g/mol. The molecule has 2 aromatic rings. The molecule has 1 aliphatic heterocycles. The van der Waals surface area contributed by atoms with Crippen molar-refractivity contribution in [2.45, 2.75) is 24.9 Å². The molecule has 3 N–H and O–H groups in total. The lowest BCUT2D eigenvalue weighted by molar-refractivity contribution is -0.123. The van der Waals surface area contributed by atoms with Gasteiger partial charge in [0.1, 0.15) is 0 Å². The number of nitrogens with zero attached hydrogens (tertiary/aromatic N) is 1. The second-order valence-corrected chi connectivity index (χ2v) is 4.70. The molecule has 3 rings (SSSR count). The molecule has 2 heterocycles. The molecule has 1 aromatic carbocycles. The van der Waals surface area contributed by atoms with Crippen LogP contribution in [0.2, 0.25) is 0 Å². The Kier molecular flexibility index (Phi) is 2.72. The first kappa shape index (κ1) is 11.2. The van der Waals surface area contributed by atoms with Crippen LogP contribution in [0.1, 0.15) is 24.4 Å². The number of carbonyl (C=O) groups is 1. The SMILES string of the molecule is NC1CCC(=O)NC1c1ccc2ncccc2c1. The quantitative estimate of drug-likeness (QED) is 0.795. The minimum absolute atomic E-state index is 0.0168. The van der Waals surface area contributed by atoms with E-state index in [9.17, 15) is 4.79 Å². The van der Waals surface area contributed by atoms with Gasteiger partial charge in [-0.25, -0.2) is 0 Å². The zero-order chi connectivity index (χ0) is 12.5. The Morgan fingerprint density at radius 3 is 3.11 bits per heavy atom. The number of rotatable bonds is 1. The molecule has 0 saturated carbocycles. The fraction of sp³-hybridized carbons (Fsp3) is 0.286. The number of carbonyl (C=O) groups excluding carboxylic acids is 1. The fourth-order valence-electron chi connectivity index (χ4n) is 2.44. The van der Waals surface area contributed by atoms with E-state index in [0.29, 0.717) is 6.42 Å². The number of piperidine rings is 1. The van der Waals surface area contributed by atoms with Gasteiger partial charge in [0, 0.05) is 24.0 Å². The number of pyridine rings is 1. The summed E-state index contributed by atoms with van der Waals surface area (Å²) in [5, 5.41) is 4.03. The summed E-state index contributed by atoms with van der Waals surface area (Å²) < 4.78 is 0. The van der Waals surface area contributed by atoms with Crippen molar-refractivity contribution in [1.29, 1.82) is 0 Å². The Morgan fingerprint density at radius 1 is 1.33 bits per heavy atom. The minimum Gasteiger partial charge on any atom is -0.348 e. The predicted octanol–water partition coefficient (Wildman–Crippen LogP) is 1.51. The molecule has 0 bridgehead atoms. The Hall–Kier alpha value is -1.94. The van der Waals surface area contributed by atoms with Crippen LogP contribution in [0.25, 0.3) is 10.9 Å². The van der Waals surface area contributed by atoms with Crippen LogP contribution in [-0.4, -0.2) is 16.9 Å². The zero-order valence-electron chi connectivity index (χ0n) is 9.97. The molecule has 1 fully saturated rings. The molecule has 2 unspecified atom stereocenters. The number of aromatic nitrogens is 1. The maximum absolute atomic E-state index is 11.5. The Labute approximate surface area is 105 Å². The summed E-state index contributed by atoms with van der Waals surface area (Å²) in [7, 11) is 0. The molecule has 1 aliphatic rings. The van der Waals surface area contributed by atoms with Crippen molar-refractivity contribution in [2.75, 3.05) is 0 Å². The van der Waals surface area contributed by atoms with Crippen molar-refractivity contribution in [3.05, 3.63) is 42.1 Å². The smallest absolute Gasteiger partial charge is 0.220 e. The summed E-state index contributed by atoms with van der Waals surface area (Å²) in [5.74, 6) is 0.0768. The van der Waals surface area contributed by atoms with Gasteiger partial charge in [-0.1, -0.05) is 12.1 Å². The third-order valence-electron chi connectivity index (χ3n) is 3.44. The second kappa shape index (κ2) is 4.38. The standard InChI is InChI=1S/C14H15N3O/c15-11-4-6-13(18)17-14(11)10-3-5-12-9(8-10)2-1-7-16-12/h1-3,5,7-8,11,14H,4,6,15H2,(H,17,18). The Morgan fingerprint density at radius 2 is 2.22 bits per heavy atom. The molecule has 0 aliphatic carbocycles. The Balaban J connectivity index is 2.00. The van der Waals surface area contributed by atoms with Gasteiger partial charge in [-0.2, -0.15) is 0 Å². The van der Waals surface area contributed by atoms with E-state index in [1.54, 1.807) is 6.20 Å². The maximum Gasteiger partial charge on any atom is 0.220 e. The largest absolute Gasteiger partial charge is 0.348 e. The highest BCUT2D eigenvalue weighted by Gasteiger charge is 2.27. The molecule has 0 spiro atoms. The van der Waals surface area contributed by atoms with Crippen LogP contribution in [0.4, 0.5) is 0 Å². The Bertz CT molecular complexity index is 596.